The van der Waals surface area contributed by atoms with Gasteiger partial charge in [-0.3, -0.25) is 9.89 Å². The van der Waals surface area contributed by atoms with Crippen LogP contribution >= 0.6 is 11.6 Å². The standard InChI is InChI=1S/C22H21ClN6O2/c1-28-19-4-3-15(17-6-7-25-27-17)21(23)16(19)12-18(22(28)30)26-20-5-2-14(13-24-20)29-8-10-31-11-9-29/h2-7,12-13H,8-11H2,1H3,(H,24,26)(H,25,27). The summed E-state index contributed by atoms with van der Waals surface area (Å²) in [7, 11) is 1.73. The van der Waals surface area contributed by atoms with Gasteiger partial charge in [0.15, 0.2) is 0 Å². The van der Waals surface area contributed by atoms with E-state index in [1.807, 2.05) is 36.5 Å². The molecule has 5 rings (SSSR count). The predicted octanol–water partition coefficient (Wildman–Crippen LogP) is 3.56. The van der Waals surface area contributed by atoms with E-state index in [1.165, 1.54) is 0 Å². The molecule has 0 spiro atoms. The zero-order valence-electron chi connectivity index (χ0n) is 16.9. The van der Waals surface area contributed by atoms with Crippen molar-refractivity contribution in [3.63, 3.8) is 0 Å². The van der Waals surface area contributed by atoms with Gasteiger partial charge in [0.1, 0.15) is 11.5 Å². The number of anilines is 3. The van der Waals surface area contributed by atoms with Crippen molar-refractivity contribution in [2.24, 2.45) is 7.05 Å². The Hall–Kier alpha value is -3.36. The topological polar surface area (TPSA) is 88.1 Å². The third-order valence-electron chi connectivity index (χ3n) is 5.51. The fourth-order valence-corrected chi connectivity index (χ4v) is 4.12. The molecular formula is C22H21ClN6O2. The van der Waals surface area contributed by atoms with Gasteiger partial charge in [0, 0.05) is 37.3 Å². The van der Waals surface area contributed by atoms with Crippen molar-refractivity contribution in [3.8, 4) is 11.3 Å². The number of fused-ring (bicyclic) bond motifs is 1. The van der Waals surface area contributed by atoms with Gasteiger partial charge in [-0.2, -0.15) is 5.10 Å². The highest BCUT2D eigenvalue weighted by Crippen LogP contribution is 2.34. The van der Waals surface area contributed by atoms with E-state index in [9.17, 15) is 4.79 Å². The molecule has 0 aliphatic carbocycles. The van der Waals surface area contributed by atoms with Crippen molar-refractivity contribution in [3.05, 3.63) is 64.2 Å². The van der Waals surface area contributed by atoms with Crippen LogP contribution in [0, 0.1) is 0 Å². The first-order valence-electron chi connectivity index (χ1n) is 10.00. The number of ether oxygens (including phenoxy) is 1. The molecule has 1 aliphatic heterocycles. The number of hydrogen-bond donors (Lipinski definition) is 2. The summed E-state index contributed by atoms with van der Waals surface area (Å²) in [6, 6.07) is 11.2. The minimum atomic E-state index is -0.157. The zero-order chi connectivity index (χ0) is 21.4. The Labute approximate surface area is 183 Å². The van der Waals surface area contributed by atoms with Crippen molar-refractivity contribution in [2.75, 3.05) is 36.5 Å². The maximum atomic E-state index is 12.9. The van der Waals surface area contributed by atoms with E-state index in [1.54, 1.807) is 23.9 Å². The lowest BCUT2D eigenvalue weighted by molar-refractivity contribution is 0.122. The predicted molar refractivity (Wildman–Crippen MR) is 122 cm³/mol. The average molecular weight is 437 g/mol. The Kier molecular flexibility index (Phi) is 5.09. The molecule has 31 heavy (non-hydrogen) atoms. The molecule has 0 saturated carbocycles. The van der Waals surface area contributed by atoms with Gasteiger partial charge in [-0.15, -0.1) is 0 Å². The molecule has 8 nitrogen and oxygen atoms in total. The molecule has 9 heteroatoms. The first kappa shape index (κ1) is 19.6. The third kappa shape index (κ3) is 3.64. The van der Waals surface area contributed by atoms with Crippen LogP contribution in [-0.2, 0) is 11.8 Å². The van der Waals surface area contributed by atoms with Gasteiger partial charge < -0.3 is 19.5 Å². The maximum Gasteiger partial charge on any atom is 0.274 e. The van der Waals surface area contributed by atoms with Crippen molar-refractivity contribution >= 4 is 39.7 Å². The summed E-state index contributed by atoms with van der Waals surface area (Å²) in [6.45, 7) is 3.12. The molecule has 2 N–H and O–H groups in total. The normalized spacial score (nSPS) is 14.2. The number of aromatic nitrogens is 4. The Morgan fingerprint density at radius 2 is 2.00 bits per heavy atom. The Balaban J connectivity index is 1.50. The molecule has 1 saturated heterocycles. The van der Waals surface area contributed by atoms with E-state index in [4.69, 9.17) is 16.3 Å². The van der Waals surface area contributed by atoms with Crippen molar-refractivity contribution in [2.45, 2.75) is 0 Å². The lowest BCUT2D eigenvalue weighted by Gasteiger charge is -2.28. The van der Waals surface area contributed by atoms with Crippen LogP contribution < -0.4 is 15.8 Å². The largest absolute Gasteiger partial charge is 0.378 e. The van der Waals surface area contributed by atoms with Gasteiger partial charge in [-0.05, 0) is 36.4 Å². The molecule has 0 radical (unpaired) electrons. The zero-order valence-corrected chi connectivity index (χ0v) is 17.7. The van der Waals surface area contributed by atoms with Gasteiger partial charge >= 0.3 is 0 Å². The summed E-state index contributed by atoms with van der Waals surface area (Å²) in [4.78, 5) is 19.6. The van der Waals surface area contributed by atoms with Crippen LogP contribution in [0.15, 0.2) is 53.6 Å². The van der Waals surface area contributed by atoms with Gasteiger partial charge in [-0.25, -0.2) is 4.98 Å². The summed E-state index contributed by atoms with van der Waals surface area (Å²) in [5.41, 5.74) is 3.57. The van der Waals surface area contributed by atoms with Crippen LogP contribution in [0.4, 0.5) is 17.2 Å². The smallest absolute Gasteiger partial charge is 0.274 e. The summed E-state index contributed by atoms with van der Waals surface area (Å²) in [5.74, 6) is 0.591. The molecule has 4 heterocycles. The lowest BCUT2D eigenvalue weighted by atomic mass is 10.1. The number of aromatic amines is 1. The number of rotatable bonds is 4. The Morgan fingerprint density at radius 1 is 1.16 bits per heavy atom. The lowest BCUT2D eigenvalue weighted by Crippen LogP contribution is -2.36. The summed E-state index contributed by atoms with van der Waals surface area (Å²) >= 11 is 6.71. The van der Waals surface area contributed by atoms with E-state index in [-0.39, 0.29) is 5.56 Å². The van der Waals surface area contributed by atoms with Crippen molar-refractivity contribution in [1.29, 1.82) is 0 Å². The SMILES string of the molecule is Cn1c(=O)c(Nc2ccc(N3CCOCC3)cn2)cc2c(Cl)c(-c3cc[nH]n3)ccc21. The quantitative estimate of drug-likeness (QED) is 0.508. The van der Waals surface area contributed by atoms with Crippen LogP contribution in [0.3, 0.4) is 0 Å². The number of hydrogen-bond acceptors (Lipinski definition) is 6. The average Bonchev–Trinajstić information content (AvgIpc) is 3.34. The fraction of sp³-hybridized carbons (Fsp3) is 0.227. The molecule has 0 atom stereocenters. The number of halogens is 1. The monoisotopic (exact) mass is 436 g/mol. The molecule has 1 fully saturated rings. The van der Waals surface area contributed by atoms with Crippen molar-refractivity contribution in [1.82, 2.24) is 19.7 Å². The van der Waals surface area contributed by atoms with Gasteiger partial charge in [0.2, 0.25) is 0 Å². The molecule has 0 bridgehead atoms. The molecule has 1 aliphatic rings. The van der Waals surface area contributed by atoms with Gasteiger partial charge in [-0.1, -0.05) is 11.6 Å². The molecule has 4 aromatic rings. The number of morpholine rings is 1. The van der Waals surface area contributed by atoms with Crippen LogP contribution in [-0.4, -0.2) is 46.1 Å². The Morgan fingerprint density at radius 3 is 2.71 bits per heavy atom. The molecular weight excluding hydrogens is 416 g/mol. The number of nitrogens with zero attached hydrogens (tertiary/aromatic N) is 4. The summed E-state index contributed by atoms with van der Waals surface area (Å²) < 4.78 is 6.98. The first-order valence-corrected chi connectivity index (χ1v) is 10.4. The van der Waals surface area contributed by atoms with Crippen LogP contribution in [0.2, 0.25) is 5.02 Å². The van der Waals surface area contributed by atoms with E-state index in [0.29, 0.717) is 29.7 Å². The van der Waals surface area contributed by atoms with Gasteiger partial charge in [0.25, 0.3) is 5.56 Å². The number of aryl methyl sites for hydroxylation is 1. The molecule has 0 unspecified atom stereocenters. The second kappa shape index (κ2) is 8.05. The third-order valence-corrected chi connectivity index (χ3v) is 5.91. The number of H-pyrrole nitrogens is 1. The minimum absolute atomic E-state index is 0.157. The second-order valence-corrected chi connectivity index (χ2v) is 7.75. The van der Waals surface area contributed by atoms with Crippen molar-refractivity contribution < 1.29 is 4.74 Å². The molecule has 1 aromatic carbocycles. The highest BCUT2D eigenvalue weighted by Gasteiger charge is 2.15. The van der Waals surface area contributed by atoms with Crippen LogP contribution in [0.1, 0.15) is 0 Å². The van der Waals surface area contributed by atoms with E-state index >= 15 is 0 Å². The number of benzene rings is 1. The summed E-state index contributed by atoms with van der Waals surface area (Å²) in [6.07, 6.45) is 3.55. The highest BCUT2D eigenvalue weighted by atomic mass is 35.5. The second-order valence-electron chi connectivity index (χ2n) is 7.37. The van der Waals surface area contributed by atoms with E-state index < -0.39 is 0 Å². The molecule has 0 amide bonds. The number of pyridine rings is 2. The van der Waals surface area contributed by atoms with E-state index in [0.717, 1.165) is 40.9 Å². The number of nitrogens with one attached hydrogen (secondary N) is 2. The Bertz CT molecular complexity index is 1280. The summed E-state index contributed by atoms with van der Waals surface area (Å²) in [5, 5.41) is 11.5. The molecule has 158 valence electrons. The highest BCUT2D eigenvalue weighted by molar-refractivity contribution is 6.38. The minimum Gasteiger partial charge on any atom is -0.378 e. The van der Waals surface area contributed by atoms with Crippen LogP contribution in [0.5, 0.6) is 0 Å². The molecule has 3 aromatic heterocycles. The maximum absolute atomic E-state index is 12.9. The van der Waals surface area contributed by atoms with Crippen LogP contribution in [0.25, 0.3) is 22.2 Å². The van der Waals surface area contributed by atoms with Gasteiger partial charge in [0.05, 0.1) is 41.3 Å². The first-order chi connectivity index (χ1) is 15.1. The van der Waals surface area contributed by atoms with E-state index in [2.05, 4.69) is 25.4 Å². The fourth-order valence-electron chi connectivity index (χ4n) is 3.81.